The second kappa shape index (κ2) is 12.4. The van der Waals surface area contributed by atoms with Crippen molar-refractivity contribution in [3.63, 3.8) is 0 Å². The molecule has 0 unspecified atom stereocenters. The van der Waals surface area contributed by atoms with Crippen LogP contribution in [0.5, 0.6) is 0 Å². The number of halogens is 8. The van der Waals surface area contributed by atoms with Crippen molar-refractivity contribution in [2.75, 3.05) is 13.7 Å². The van der Waals surface area contributed by atoms with Gasteiger partial charge in [0.15, 0.2) is 0 Å². The third-order valence-corrected chi connectivity index (χ3v) is 7.49. The SMILES string of the molecule is COC(=O)C[C@@H]1CCN([C@H](CCC(C)C)c2ccc(C(F)(F)C(F)(F)F)cc2)[C@H](c2ccc(C(F)(F)F)cc2)C1. The summed E-state index contributed by atoms with van der Waals surface area (Å²) < 4.78 is 111. The number of likely N-dealkylation sites (tertiary alicyclic amines) is 1. The van der Waals surface area contributed by atoms with Gasteiger partial charge in [-0.3, -0.25) is 9.69 Å². The Balaban J connectivity index is 2.01. The average Bonchev–Trinajstić information content (AvgIpc) is 2.88. The first-order valence-electron chi connectivity index (χ1n) is 13.1. The average molecular weight is 580 g/mol. The molecule has 3 atom stereocenters. The van der Waals surface area contributed by atoms with E-state index in [1.165, 1.54) is 31.4 Å². The Morgan fingerprint density at radius 3 is 1.98 bits per heavy atom. The lowest BCUT2D eigenvalue weighted by Crippen LogP contribution is -2.40. The summed E-state index contributed by atoms with van der Waals surface area (Å²) in [4.78, 5) is 14.0. The van der Waals surface area contributed by atoms with Gasteiger partial charge < -0.3 is 4.74 Å². The number of rotatable bonds is 9. The Labute approximate surface area is 228 Å². The van der Waals surface area contributed by atoms with Gasteiger partial charge in [0.2, 0.25) is 0 Å². The summed E-state index contributed by atoms with van der Waals surface area (Å²) in [5.74, 6) is -5.25. The molecule has 1 saturated heterocycles. The first-order chi connectivity index (χ1) is 18.5. The first kappa shape index (κ1) is 31.8. The van der Waals surface area contributed by atoms with Gasteiger partial charge in [-0.1, -0.05) is 50.2 Å². The molecule has 0 spiro atoms. The lowest BCUT2D eigenvalue weighted by Gasteiger charge is -2.44. The second-order valence-corrected chi connectivity index (χ2v) is 10.7. The van der Waals surface area contributed by atoms with Crippen LogP contribution in [0.25, 0.3) is 0 Å². The molecule has 0 bridgehead atoms. The van der Waals surface area contributed by atoms with Crippen LogP contribution in [-0.2, 0) is 21.6 Å². The van der Waals surface area contributed by atoms with E-state index in [9.17, 15) is 39.9 Å². The van der Waals surface area contributed by atoms with Gasteiger partial charge in [0.05, 0.1) is 12.7 Å². The largest absolute Gasteiger partial charge is 0.469 e. The molecule has 0 aliphatic carbocycles. The Morgan fingerprint density at radius 2 is 1.48 bits per heavy atom. The maximum absolute atomic E-state index is 13.9. The van der Waals surface area contributed by atoms with Gasteiger partial charge in [-0.05, 0) is 67.3 Å². The highest BCUT2D eigenvalue weighted by atomic mass is 19.4. The molecular weight excluding hydrogens is 546 g/mol. The van der Waals surface area contributed by atoms with Gasteiger partial charge in [0.25, 0.3) is 0 Å². The normalized spacial score (nSPS) is 20.0. The van der Waals surface area contributed by atoms with E-state index in [1.807, 2.05) is 13.8 Å². The monoisotopic (exact) mass is 579 g/mol. The minimum absolute atomic E-state index is 0.102. The topological polar surface area (TPSA) is 29.5 Å². The lowest BCUT2D eigenvalue weighted by atomic mass is 9.82. The van der Waals surface area contributed by atoms with Crippen LogP contribution in [0, 0.1) is 11.8 Å². The molecule has 0 radical (unpaired) electrons. The Bertz CT molecular complexity index is 1110. The number of methoxy groups -OCH3 is 1. The summed E-state index contributed by atoms with van der Waals surface area (Å²) in [6, 6.07) is 8.06. The molecule has 40 heavy (non-hydrogen) atoms. The summed E-state index contributed by atoms with van der Waals surface area (Å²) in [5.41, 5.74) is -0.840. The second-order valence-electron chi connectivity index (χ2n) is 10.7. The number of carbonyl (C=O) groups is 1. The van der Waals surface area contributed by atoms with Crippen molar-refractivity contribution >= 4 is 5.97 Å². The molecule has 0 aromatic heterocycles. The molecule has 2 aromatic carbocycles. The number of carbonyl (C=O) groups excluding carboxylic acids is 1. The Hall–Kier alpha value is -2.69. The van der Waals surface area contributed by atoms with E-state index in [1.54, 1.807) is 0 Å². The number of esters is 1. The van der Waals surface area contributed by atoms with Crippen LogP contribution in [0.3, 0.4) is 0 Å². The van der Waals surface area contributed by atoms with E-state index >= 15 is 0 Å². The molecule has 1 fully saturated rings. The van der Waals surface area contributed by atoms with Crippen molar-refractivity contribution < 1.29 is 44.7 Å². The quantitative estimate of drug-likeness (QED) is 0.220. The fourth-order valence-corrected chi connectivity index (χ4v) is 5.25. The summed E-state index contributed by atoms with van der Waals surface area (Å²) in [5, 5.41) is 0. The van der Waals surface area contributed by atoms with E-state index in [4.69, 9.17) is 4.74 Å². The summed E-state index contributed by atoms with van der Waals surface area (Å²) in [6.45, 7) is 4.44. The van der Waals surface area contributed by atoms with Gasteiger partial charge in [-0.25, -0.2) is 0 Å². The summed E-state index contributed by atoms with van der Waals surface area (Å²) >= 11 is 0. The minimum atomic E-state index is -5.74. The van der Waals surface area contributed by atoms with Crippen molar-refractivity contribution in [3.8, 4) is 0 Å². The van der Waals surface area contributed by atoms with Crippen molar-refractivity contribution in [3.05, 3.63) is 70.8 Å². The molecule has 1 aliphatic rings. The van der Waals surface area contributed by atoms with Gasteiger partial charge >= 0.3 is 24.2 Å². The van der Waals surface area contributed by atoms with Crippen molar-refractivity contribution in [2.45, 2.75) is 76.3 Å². The van der Waals surface area contributed by atoms with Crippen molar-refractivity contribution in [1.82, 2.24) is 4.90 Å². The summed E-state index contributed by atoms with van der Waals surface area (Å²) in [7, 11) is 1.28. The molecule has 1 heterocycles. The van der Waals surface area contributed by atoms with Gasteiger partial charge in [0, 0.05) is 24.1 Å². The molecule has 0 amide bonds. The van der Waals surface area contributed by atoms with E-state index in [0.29, 0.717) is 43.4 Å². The van der Waals surface area contributed by atoms with E-state index in [-0.39, 0.29) is 18.3 Å². The standard InChI is InChI=1S/C29H33F8NO2/c1-18(2)4-13-24(20-5-9-22(10-6-20)27(30,31)29(35,36)37)38-15-14-19(17-26(39)40-3)16-25(38)21-7-11-23(12-8-21)28(32,33)34/h5-12,18-19,24-25H,4,13-17H2,1-3H3/t19-,24-,25+/m1/s1. The molecule has 1 aliphatic heterocycles. The molecule has 2 aromatic rings. The van der Waals surface area contributed by atoms with Crippen LogP contribution in [0.2, 0.25) is 0 Å². The molecular formula is C29H33F8NO2. The van der Waals surface area contributed by atoms with Gasteiger partial charge in [0.1, 0.15) is 0 Å². The molecule has 0 N–H and O–H groups in total. The van der Waals surface area contributed by atoms with Crippen molar-refractivity contribution in [1.29, 1.82) is 0 Å². The van der Waals surface area contributed by atoms with Crippen molar-refractivity contribution in [2.24, 2.45) is 11.8 Å². The highest BCUT2D eigenvalue weighted by Gasteiger charge is 2.58. The molecule has 11 heteroatoms. The van der Waals surface area contributed by atoms with Crippen LogP contribution < -0.4 is 0 Å². The zero-order chi connectivity index (χ0) is 29.9. The number of nitrogens with zero attached hydrogens (tertiary/aromatic N) is 1. The van der Waals surface area contributed by atoms with E-state index in [2.05, 4.69) is 4.90 Å². The predicted molar refractivity (Wildman–Crippen MR) is 133 cm³/mol. The zero-order valence-corrected chi connectivity index (χ0v) is 22.5. The minimum Gasteiger partial charge on any atom is -0.469 e. The molecule has 0 saturated carbocycles. The molecule has 3 nitrogen and oxygen atoms in total. The number of hydrogen-bond donors (Lipinski definition) is 0. The molecule has 222 valence electrons. The van der Waals surface area contributed by atoms with Crippen LogP contribution >= 0.6 is 0 Å². The first-order valence-corrected chi connectivity index (χ1v) is 13.1. The number of alkyl halides is 8. The highest BCUT2D eigenvalue weighted by molar-refractivity contribution is 5.69. The van der Waals surface area contributed by atoms with Crippen LogP contribution in [0.1, 0.15) is 80.3 Å². The van der Waals surface area contributed by atoms with E-state index in [0.717, 1.165) is 24.3 Å². The Kier molecular flexibility index (Phi) is 9.91. The summed E-state index contributed by atoms with van der Waals surface area (Å²) in [6.07, 6.45) is -7.84. The number of benzene rings is 2. The maximum atomic E-state index is 13.9. The van der Waals surface area contributed by atoms with Crippen LogP contribution in [0.15, 0.2) is 48.5 Å². The smallest absolute Gasteiger partial charge is 0.458 e. The Morgan fingerprint density at radius 1 is 0.900 bits per heavy atom. The predicted octanol–water partition coefficient (Wildman–Crippen LogP) is 8.85. The lowest BCUT2D eigenvalue weighted by molar-refractivity contribution is -0.289. The number of piperidine rings is 1. The highest BCUT2D eigenvalue weighted by Crippen LogP contribution is 2.46. The third kappa shape index (κ3) is 7.53. The van der Waals surface area contributed by atoms with Crippen LogP contribution in [0.4, 0.5) is 35.1 Å². The fraction of sp³-hybridized carbons (Fsp3) is 0.552. The fourth-order valence-electron chi connectivity index (χ4n) is 5.25. The molecule has 3 rings (SSSR count). The zero-order valence-electron chi connectivity index (χ0n) is 22.5. The van der Waals surface area contributed by atoms with Gasteiger partial charge in [-0.15, -0.1) is 0 Å². The third-order valence-electron chi connectivity index (χ3n) is 7.49. The number of ether oxygens (including phenoxy) is 1. The van der Waals surface area contributed by atoms with E-state index < -0.39 is 47.5 Å². The number of hydrogen-bond acceptors (Lipinski definition) is 3. The maximum Gasteiger partial charge on any atom is 0.458 e. The van der Waals surface area contributed by atoms with Gasteiger partial charge in [-0.2, -0.15) is 35.1 Å². The van der Waals surface area contributed by atoms with Crippen LogP contribution in [-0.4, -0.2) is 30.7 Å².